The van der Waals surface area contributed by atoms with Gasteiger partial charge in [0.25, 0.3) is 0 Å². The lowest BCUT2D eigenvalue weighted by Gasteiger charge is -1.94. The predicted molar refractivity (Wildman–Crippen MR) is 30.5 cm³/mol. The Morgan fingerprint density at radius 1 is 1.22 bits per heavy atom. The maximum atomic E-state index is 9.75. The molecule has 0 heterocycles. The molecule has 0 rings (SSSR count). The highest BCUT2D eigenvalue weighted by Crippen LogP contribution is 2.06. The van der Waals surface area contributed by atoms with Crippen LogP contribution in [0, 0.1) is 6.92 Å². The molecule has 0 saturated carbocycles. The Morgan fingerprint density at radius 2 is 1.33 bits per heavy atom. The zero-order valence-corrected chi connectivity index (χ0v) is 5.21. The number of hydrogen-bond acceptors (Lipinski definition) is 0. The van der Waals surface area contributed by atoms with Crippen LogP contribution in [0.3, 0.4) is 0 Å². The monoisotopic (exact) mass is 144 g/mol. The minimum atomic E-state index is -6.00. The van der Waals surface area contributed by atoms with Crippen LogP contribution in [0.25, 0.3) is 0 Å². The van der Waals surface area contributed by atoms with E-state index in [4.69, 9.17) is 0 Å². The van der Waals surface area contributed by atoms with Gasteiger partial charge >= 0.3 is 7.25 Å². The third-order valence-corrected chi connectivity index (χ3v) is 0.354. The van der Waals surface area contributed by atoms with E-state index >= 15 is 0 Å². The molecular formula is C4H9BF4-. The van der Waals surface area contributed by atoms with Crippen molar-refractivity contribution in [3.05, 3.63) is 6.92 Å². The van der Waals surface area contributed by atoms with Gasteiger partial charge in [0.2, 0.25) is 0 Å². The average molecular weight is 144 g/mol. The zero-order chi connectivity index (χ0) is 7.91. The SMILES string of the molecule is F[B-](F)(F)F.[CH2]CCC. The van der Waals surface area contributed by atoms with Gasteiger partial charge in [-0.25, -0.2) is 0 Å². The lowest BCUT2D eigenvalue weighted by atomic mass is 10.3. The second-order valence-electron chi connectivity index (χ2n) is 1.35. The van der Waals surface area contributed by atoms with Gasteiger partial charge in [0.05, 0.1) is 0 Å². The fourth-order valence-corrected chi connectivity index (χ4v) is 0. The molecule has 0 bridgehead atoms. The summed E-state index contributed by atoms with van der Waals surface area (Å²) in [4.78, 5) is 0. The van der Waals surface area contributed by atoms with Crippen LogP contribution in [0.5, 0.6) is 0 Å². The van der Waals surface area contributed by atoms with E-state index in [1.54, 1.807) is 0 Å². The molecule has 0 N–H and O–H groups in total. The van der Waals surface area contributed by atoms with Crippen molar-refractivity contribution < 1.29 is 17.3 Å². The van der Waals surface area contributed by atoms with E-state index < -0.39 is 7.25 Å². The van der Waals surface area contributed by atoms with Crippen molar-refractivity contribution in [2.75, 3.05) is 0 Å². The van der Waals surface area contributed by atoms with E-state index in [0.29, 0.717) is 0 Å². The first-order valence-electron chi connectivity index (χ1n) is 2.58. The van der Waals surface area contributed by atoms with E-state index in [1.165, 1.54) is 6.42 Å². The molecule has 0 nitrogen and oxygen atoms in total. The van der Waals surface area contributed by atoms with Gasteiger partial charge < -0.3 is 17.3 Å². The topological polar surface area (TPSA) is 0 Å². The van der Waals surface area contributed by atoms with Crippen molar-refractivity contribution in [1.82, 2.24) is 0 Å². The highest BCUT2D eigenvalue weighted by molar-refractivity contribution is 6.50. The van der Waals surface area contributed by atoms with Crippen LogP contribution in [0.1, 0.15) is 19.8 Å². The Labute approximate surface area is 52.4 Å². The molecule has 9 heavy (non-hydrogen) atoms. The first-order chi connectivity index (χ1) is 3.91. The van der Waals surface area contributed by atoms with Gasteiger partial charge in [-0.1, -0.05) is 26.7 Å². The van der Waals surface area contributed by atoms with E-state index in [0.717, 1.165) is 6.42 Å². The fourth-order valence-electron chi connectivity index (χ4n) is 0. The van der Waals surface area contributed by atoms with Gasteiger partial charge in [0.1, 0.15) is 0 Å². The molecule has 0 spiro atoms. The van der Waals surface area contributed by atoms with Gasteiger partial charge in [0.15, 0.2) is 0 Å². The Morgan fingerprint density at radius 3 is 1.33 bits per heavy atom. The van der Waals surface area contributed by atoms with E-state index in [9.17, 15) is 17.3 Å². The maximum absolute atomic E-state index is 9.75. The van der Waals surface area contributed by atoms with Crippen LogP contribution >= 0.6 is 0 Å². The molecule has 0 atom stereocenters. The predicted octanol–water partition coefficient (Wildman–Crippen LogP) is 2.92. The first-order valence-corrected chi connectivity index (χ1v) is 2.58. The van der Waals surface area contributed by atoms with Crippen LogP contribution in [0.15, 0.2) is 0 Å². The average Bonchev–Trinajstić information content (AvgIpc) is 1.61. The Hall–Kier alpha value is -0.215. The third kappa shape index (κ3) is 423. The Balaban J connectivity index is 0. The lowest BCUT2D eigenvalue weighted by Crippen LogP contribution is -2.02. The first kappa shape index (κ1) is 11.6. The van der Waals surface area contributed by atoms with Gasteiger partial charge in [-0.2, -0.15) is 0 Å². The lowest BCUT2D eigenvalue weighted by molar-refractivity contribution is 0.368. The van der Waals surface area contributed by atoms with Crippen LogP contribution in [0.2, 0.25) is 0 Å². The summed E-state index contributed by atoms with van der Waals surface area (Å²) in [6, 6.07) is 0. The summed E-state index contributed by atoms with van der Waals surface area (Å²) in [6.07, 6.45) is 2.28. The van der Waals surface area contributed by atoms with Gasteiger partial charge in [-0.15, -0.1) is 0 Å². The fraction of sp³-hybridized carbons (Fsp3) is 0.750. The quantitative estimate of drug-likeness (QED) is 0.392. The smallest absolute Gasteiger partial charge is 0.418 e. The summed E-state index contributed by atoms with van der Waals surface area (Å²) in [6.45, 7) is 5.72. The molecule has 5 heteroatoms. The maximum Gasteiger partial charge on any atom is 0.673 e. The molecule has 0 amide bonds. The van der Waals surface area contributed by atoms with Crippen molar-refractivity contribution in [3.8, 4) is 0 Å². The molecule has 0 aromatic rings. The summed E-state index contributed by atoms with van der Waals surface area (Å²) in [7, 11) is -6.00. The van der Waals surface area contributed by atoms with Crippen molar-refractivity contribution >= 4 is 7.25 Å². The highest BCUT2D eigenvalue weighted by Gasteiger charge is 2.20. The number of halogens is 4. The van der Waals surface area contributed by atoms with Crippen molar-refractivity contribution in [3.63, 3.8) is 0 Å². The second-order valence-corrected chi connectivity index (χ2v) is 1.35. The minimum absolute atomic E-state index is 1.07. The second kappa shape index (κ2) is 5.91. The van der Waals surface area contributed by atoms with Gasteiger partial charge in [-0.3, -0.25) is 0 Å². The van der Waals surface area contributed by atoms with Crippen molar-refractivity contribution in [1.29, 1.82) is 0 Å². The van der Waals surface area contributed by atoms with Crippen LogP contribution in [-0.4, -0.2) is 7.25 Å². The Kier molecular flexibility index (Phi) is 7.60. The molecule has 0 fully saturated rings. The van der Waals surface area contributed by atoms with Crippen LogP contribution in [0.4, 0.5) is 17.3 Å². The molecule has 1 radical (unpaired) electrons. The molecule has 0 saturated heterocycles. The molecular weight excluding hydrogens is 135 g/mol. The highest BCUT2D eigenvalue weighted by atomic mass is 19.5. The number of rotatable bonds is 1. The standard InChI is InChI=1S/C4H9.BF4/c1-3-4-2;2-1(3,4)5/h1,3-4H2,2H3;/q;-1. The molecule has 0 unspecified atom stereocenters. The summed E-state index contributed by atoms with van der Waals surface area (Å²) < 4.78 is 39.0. The zero-order valence-electron chi connectivity index (χ0n) is 5.21. The van der Waals surface area contributed by atoms with E-state index in [2.05, 4.69) is 13.8 Å². The van der Waals surface area contributed by atoms with E-state index in [1.807, 2.05) is 0 Å². The molecule has 0 aromatic heterocycles. The molecule has 0 aliphatic carbocycles. The normalized spacial score (nSPS) is 10.0. The summed E-state index contributed by atoms with van der Waals surface area (Å²) in [5, 5.41) is 0. The van der Waals surface area contributed by atoms with Crippen LogP contribution < -0.4 is 0 Å². The number of hydrogen-bond donors (Lipinski definition) is 0. The molecule has 0 aromatic carbocycles. The van der Waals surface area contributed by atoms with Crippen molar-refractivity contribution in [2.45, 2.75) is 19.8 Å². The van der Waals surface area contributed by atoms with Crippen molar-refractivity contribution in [2.24, 2.45) is 0 Å². The summed E-state index contributed by atoms with van der Waals surface area (Å²) in [5.41, 5.74) is 0. The van der Waals surface area contributed by atoms with Gasteiger partial charge in [-0.05, 0) is 0 Å². The molecule has 0 aliphatic heterocycles. The largest absolute Gasteiger partial charge is 0.673 e. The van der Waals surface area contributed by atoms with E-state index in [-0.39, 0.29) is 0 Å². The molecule has 0 aliphatic rings. The molecule has 57 valence electrons. The summed E-state index contributed by atoms with van der Waals surface area (Å²) in [5.74, 6) is 0. The van der Waals surface area contributed by atoms with Crippen LogP contribution in [-0.2, 0) is 0 Å². The summed E-state index contributed by atoms with van der Waals surface area (Å²) >= 11 is 0. The minimum Gasteiger partial charge on any atom is -0.418 e. The third-order valence-electron chi connectivity index (χ3n) is 0.354. The van der Waals surface area contributed by atoms with Gasteiger partial charge in [0, 0.05) is 0 Å². The number of unbranched alkanes of at least 4 members (excludes halogenated alkanes) is 1. The Bertz CT molecular complexity index is 43.0.